The van der Waals surface area contributed by atoms with Crippen LogP contribution in [0.15, 0.2) is 39.9 Å². The molecule has 3 aromatic rings. The number of aromatic nitrogens is 5. The van der Waals surface area contributed by atoms with Crippen molar-refractivity contribution in [2.24, 2.45) is 0 Å². The zero-order valence-corrected chi connectivity index (χ0v) is 12.7. The molecule has 1 unspecified atom stereocenters. The van der Waals surface area contributed by atoms with Crippen LogP contribution in [0.3, 0.4) is 0 Å². The van der Waals surface area contributed by atoms with Crippen LogP contribution < -0.4 is 5.56 Å². The van der Waals surface area contributed by atoms with Gasteiger partial charge in [-0.15, -0.1) is 5.10 Å². The molecule has 3 heterocycles. The molecule has 0 saturated carbocycles. The van der Waals surface area contributed by atoms with E-state index in [0.717, 1.165) is 4.47 Å². The molecule has 7 nitrogen and oxygen atoms in total. The molecule has 0 fully saturated rings. The third-order valence-corrected chi connectivity index (χ3v) is 3.45. The van der Waals surface area contributed by atoms with Gasteiger partial charge >= 0.3 is 0 Å². The summed E-state index contributed by atoms with van der Waals surface area (Å²) in [7, 11) is 0. The van der Waals surface area contributed by atoms with Gasteiger partial charge in [0, 0.05) is 16.7 Å². The van der Waals surface area contributed by atoms with Gasteiger partial charge in [0.2, 0.25) is 0 Å². The topological polar surface area (TPSA) is 85.3 Å². The van der Waals surface area contributed by atoms with E-state index in [-0.39, 0.29) is 5.56 Å². The number of hydrogen-bond acceptors (Lipinski definition) is 5. The molecule has 21 heavy (non-hydrogen) atoms. The fourth-order valence-electron chi connectivity index (χ4n) is 1.96. The SMILES string of the molecule is CC(O)c1cn(Cc2cc(=O)n3cc(Br)ccc3n2)nn1. The summed E-state index contributed by atoms with van der Waals surface area (Å²) in [5.74, 6) is 0. The Hall–Kier alpha value is -2.06. The van der Waals surface area contributed by atoms with E-state index in [1.807, 2.05) is 6.07 Å². The zero-order chi connectivity index (χ0) is 15.0. The number of pyridine rings is 1. The second kappa shape index (κ2) is 5.38. The van der Waals surface area contributed by atoms with Crippen LogP contribution in [0.1, 0.15) is 24.4 Å². The molecule has 0 aliphatic carbocycles. The van der Waals surface area contributed by atoms with E-state index in [1.54, 1.807) is 30.1 Å². The molecule has 0 aromatic carbocycles. The van der Waals surface area contributed by atoms with Gasteiger partial charge in [0.25, 0.3) is 5.56 Å². The molecule has 1 N–H and O–H groups in total. The average Bonchev–Trinajstić information content (AvgIpc) is 2.88. The molecule has 8 heteroatoms. The highest BCUT2D eigenvalue weighted by molar-refractivity contribution is 9.10. The monoisotopic (exact) mass is 349 g/mol. The van der Waals surface area contributed by atoms with Crippen molar-refractivity contribution in [3.8, 4) is 0 Å². The number of aliphatic hydroxyl groups is 1. The highest BCUT2D eigenvalue weighted by atomic mass is 79.9. The van der Waals surface area contributed by atoms with E-state index in [2.05, 4.69) is 31.2 Å². The van der Waals surface area contributed by atoms with Gasteiger partial charge in [0.1, 0.15) is 11.3 Å². The van der Waals surface area contributed by atoms with Crippen LogP contribution in [0.25, 0.3) is 5.65 Å². The average molecular weight is 350 g/mol. The Morgan fingerprint density at radius 1 is 1.38 bits per heavy atom. The predicted molar refractivity (Wildman–Crippen MR) is 78.9 cm³/mol. The van der Waals surface area contributed by atoms with Crippen molar-refractivity contribution >= 4 is 21.6 Å². The number of rotatable bonds is 3. The van der Waals surface area contributed by atoms with Gasteiger partial charge in [0.05, 0.1) is 24.5 Å². The highest BCUT2D eigenvalue weighted by Crippen LogP contribution is 2.10. The first-order valence-corrected chi connectivity index (χ1v) is 7.08. The van der Waals surface area contributed by atoms with E-state index < -0.39 is 6.10 Å². The van der Waals surface area contributed by atoms with E-state index in [9.17, 15) is 9.90 Å². The van der Waals surface area contributed by atoms with Crippen LogP contribution >= 0.6 is 15.9 Å². The summed E-state index contributed by atoms with van der Waals surface area (Å²) in [4.78, 5) is 16.5. The summed E-state index contributed by atoms with van der Waals surface area (Å²) >= 11 is 3.32. The Morgan fingerprint density at radius 2 is 2.19 bits per heavy atom. The van der Waals surface area contributed by atoms with Gasteiger partial charge in [-0.2, -0.15) is 0 Å². The molecule has 3 aromatic heterocycles. The number of halogens is 1. The maximum Gasteiger partial charge on any atom is 0.258 e. The third kappa shape index (κ3) is 2.86. The van der Waals surface area contributed by atoms with Crippen molar-refractivity contribution in [3.63, 3.8) is 0 Å². The summed E-state index contributed by atoms with van der Waals surface area (Å²) < 4.78 is 3.82. The molecule has 0 aliphatic heterocycles. The third-order valence-electron chi connectivity index (χ3n) is 2.98. The van der Waals surface area contributed by atoms with Crippen molar-refractivity contribution < 1.29 is 5.11 Å². The molecule has 0 radical (unpaired) electrons. The maximum absolute atomic E-state index is 12.1. The molecule has 0 aliphatic rings. The predicted octanol–water partition coefficient (Wildman–Crippen LogP) is 1.15. The van der Waals surface area contributed by atoms with Crippen LogP contribution in [-0.4, -0.2) is 29.5 Å². The molecule has 1 atom stereocenters. The van der Waals surface area contributed by atoms with Crippen molar-refractivity contribution in [2.75, 3.05) is 0 Å². The Labute approximate surface area is 128 Å². The Kier molecular flexibility index (Phi) is 3.56. The first-order chi connectivity index (χ1) is 10.0. The number of nitrogens with zero attached hydrogens (tertiary/aromatic N) is 5. The summed E-state index contributed by atoms with van der Waals surface area (Å²) in [5, 5.41) is 17.2. The Morgan fingerprint density at radius 3 is 2.90 bits per heavy atom. The fourth-order valence-corrected chi connectivity index (χ4v) is 2.29. The van der Waals surface area contributed by atoms with E-state index in [4.69, 9.17) is 0 Å². The lowest BCUT2D eigenvalue weighted by atomic mass is 10.3. The maximum atomic E-state index is 12.1. The Bertz CT molecular complexity index is 855. The summed E-state index contributed by atoms with van der Waals surface area (Å²) in [6.45, 7) is 1.94. The van der Waals surface area contributed by atoms with Crippen LogP contribution in [-0.2, 0) is 6.54 Å². The molecular weight excluding hydrogens is 338 g/mol. The van der Waals surface area contributed by atoms with Gasteiger partial charge < -0.3 is 5.11 Å². The number of hydrogen-bond donors (Lipinski definition) is 1. The number of aliphatic hydroxyl groups excluding tert-OH is 1. The van der Waals surface area contributed by atoms with Gasteiger partial charge in [-0.1, -0.05) is 5.21 Å². The van der Waals surface area contributed by atoms with Crippen molar-refractivity contribution in [3.05, 3.63) is 56.8 Å². The van der Waals surface area contributed by atoms with Crippen LogP contribution in [0.4, 0.5) is 0 Å². The first-order valence-electron chi connectivity index (χ1n) is 6.29. The van der Waals surface area contributed by atoms with Crippen molar-refractivity contribution in [1.82, 2.24) is 24.4 Å². The minimum atomic E-state index is -0.675. The highest BCUT2D eigenvalue weighted by Gasteiger charge is 2.08. The van der Waals surface area contributed by atoms with E-state index >= 15 is 0 Å². The van der Waals surface area contributed by atoms with Gasteiger partial charge in [0.15, 0.2) is 0 Å². The molecule has 0 spiro atoms. The van der Waals surface area contributed by atoms with Crippen molar-refractivity contribution in [1.29, 1.82) is 0 Å². The summed E-state index contributed by atoms with van der Waals surface area (Å²) in [5.41, 5.74) is 1.48. The van der Waals surface area contributed by atoms with Gasteiger partial charge in [-0.25, -0.2) is 9.67 Å². The Balaban J connectivity index is 1.97. The lowest BCUT2D eigenvalue weighted by Crippen LogP contribution is -2.16. The van der Waals surface area contributed by atoms with Gasteiger partial charge in [-0.05, 0) is 35.0 Å². The molecule has 108 valence electrons. The normalized spacial score (nSPS) is 12.7. The van der Waals surface area contributed by atoms with Crippen LogP contribution in [0, 0.1) is 0 Å². The molecular formula is C13H12BrN5O2. The van der Waals surface area contributed by atoms with Gasteiger partial charge in [-0.3, -0.25) is 9.20 Å². The second-order valence-corrected chi connectivity index (χ2v) is 5.59. The quantitative estimate of drug-likeness (QED) is 0.766. The molecule has 0 saturated heterocycles. The first kappa shape index (κ1) is 13.9. The summed E-state index contributed by atoms with van der Waals surface area (Å²) in [6, 6.07) is 5.05. The lowest BCUT2D eigenvalue weighted by Gasteiger charge is -2.04. The fraction of sp³-hybridized carbons (Fsp3) is 0.231. The largest absolute Gasteiger partial charge is 0.387 e. The minimum Gasteiger partial charge on any atom is -0.387 e. The smallest absolute Gasteiger partial charge is 0.258 e. The molecule has 3 rings (SSSR count). The minimum absolute atomic E-state index is 0.160. The van der Waals surface area contributed by atoms with E-state index in [1.165, 1.54) is 10.5 Å². The zero-order valence-electron chi connectivity index (χ0n) is 11.1. The van der Waals surface area contributed by atoms with Crippen LogP contribution in [0.2, 0.25) is 0 Å². The van der Waals surface area contributed by atoms with Crippen molar-refractivity contribution in [2.45, 2.75) is 19.6 Å². The molecule has 0 bridgehead atoms. The summed E-state index contributed by atoms with van der Waals surface area (Å²) in [6.07, 6.45) is 2.64. The lowest BCUT2D eigenvalue weighted by molar-refractivity contribution is 0.194. The second-order valence-electron chi connectivity index (χ2n) is 4.68. The molecule has 0 amide bonds. The van der Waals surface area contributed by atoms with E-state index in [0.29, 0.717) is 23.6 Å². The van der Waals surface area contributed by atoms with Crippen LogP contribution in [0.5, 0.6) is 0 Å². The standard InChI is InChI=1S/C13H12BrN5O2/c1-8(20)11-7-18(17-16-11)6-10-4-13(21)19-5-9(14)2-3-12(19)15-10/h2-5,7-8,20H,6H2,1H3. The number of fused-ring (bicyclic) bond motifs is 1.